The van der Waals surface area contributed by atoms with Crippen LogP contribution in [0.4, 0.5) is 18.9 Å². The van der Waals surface area contributed by atoms with E-state index < -0.39 is 11.7 Å². The number of alkyl halides is 3. The molecule has 2 saturated carbocycles. The van der Waals surface area contributed by atoms with E-state index in [9.17, 15) is 22.8 Å². The first kappa shape index (κ1) is 29.6. The number of hydrogen-bond acceptors (Lipinski definition) is 7. The molecule has 1 aliphatic heterocycles. The Morgan fingerprint density at radius 1 is 1.12 bits per heavy atom. The number of aromatic nitrogens is 2. The highest BCUT2D eigenvalue weighted by Gasteiger charge is 2.33. The molecule has 0 spiro atoms. The number of halogens is 3. The zero-order valence-electron chi connectivity index (χ0n) is 23.6. The standard InChI is InChI=1S/C31H34F3N5O3S/c32-31(33,34)19-8-10-21(11-9-19)42-22-16-20(17-22)36-14-12-28(40)38-15-13-26-24(18-38)29(41)39(27-7-2-1-6-25(27)35)30(37-26)43-23-4-3-5-23/h1-2,6-11,20,22-23,36H,3-5,12-18,35H2. The molecule has 1 amide bonds. The molecule has 0 unspecified atom stereocenters. The van der Waals surface area contributed by atoms with Gasteiger partial charge in [0.2, 0.25) is 5.91 Å². The number of carbonyl (C=O) groups excluding carboxylic acids is 1. The molecular weight excluding hydrogens is 579 g/mol. The van der Waals surface area contributed by atoms with Crippen molar-refractivity contribution < 1.29 is 22.7 Å². The van der Waals surface area contributed by atoms with E-state index in [1.807, 2.05) is 18.2 Å². The predicted octanol–water partition coefficient (Wildman–Crippen LogP) is 4.95. The van der Waals surface area contributed by atoms with Crippen LogP contribution in [0.15, 0.2) is 58.5 Å². The number of nitrogen functional groups attached to an aromatic ring is 1. The summed E-state index contributed by atoms with van der Waals surface area (Å²) >= 11 is 1.64. The minimum atomic E-state index is -4.37. The predicted molar refractivity (Wildman–Crippen MR) is 158 cm³/mol. The molecule has 3 aliphatic rings. The number of para-hydroxylation sites is 2. The number of hydrogen-bond donors (Lipinski definition) is 2. The molecule has 0 radical (unpaired) electrons. The summed E-state index contributed by atoms with van der Waals surface area (Å²) in [5, 5.41) is 4.47. The summed E-state index contributed by atoms with van der Waals surface area (Å²) in [5.41, 5.74) is 7.80. The molecule has 1 aromatic heterocycles. The Balaban J connectivity index is 1.03. The normalized spacial score (nSPS) is 20.2. The second-order valence-electron chi connectivity index (χ2n) is 11.4. The lowest BCUT2D eigenvalue weighted by atomic mass is 9.89. The highest BCUT2D eigenvalue weighted by molar-refractivity contribution is 7.99. The fourth-order valence-electron chi connectivity index (χ4n) is 5.57. The lowest BCUT2D eigenvalue weighted by Crippen LogP contribution is -2.48. The summed E-state index contributed by atoms with van der Waals surface area (Å²) in [7, 11) is 0. The topological polar surface area (TPSA) is 102 Å². The monoisotopic (exact) mass is 613 g/mol. The van der Waals surface area contributed by atoms with E-state index in [-0.39, 0.29) is 30.2 Å². The minimum absolute atomic E-state index is 0.0341. The van der Waals surface area contributed by atoms with Crippen LogP contribution in [0.1, 0.15) is 55.3 Å². The zero-order chi connectivity index (χ0) is 30.1. The molecule has 6 rings (SSSR count). The van der Waals surface area contributed by atoms with Crippen LogP contribution in [0.25, 0.3) is 5.69 Å². The maximum atomic E-state index is 13.9. The second-order valence-corrected chi connectivity index (χ2v) is 12.7. The average Bonchev–Trinajstić information content (AvgIpc) is 2.94. The third kappa shape index (κ3) is 6.54. The molecule has 2 heterocycles. The minimum Gasteiger partial charge on any atom is -0.490 e. The molecule has 2 aliphatic carbocycles. The van der Waals surface area contributed by atoms with Gasteiger partial charge in [0.1, 0.15) is 11.9 Å². The summed E-state index contributed by atoms with van der Waals surface area (Å²) in [4.78, 5) is 33.6. The first-order valence-corrected chi connectivity index (χ1v) is 15.5. The molecule has 8 nitrogen and oxygen atoms in total. The largest absolute Gasteiger partial charge is 0.490 e. The maximum absolute atomic E-state index is 13.9. The van der Waals surface area contributed by atoms with Crippen LogP contribution in [0.3, 0.4) is 0 Å². The van der Waals surface area contributed by atoms with Gasteiger partial charge in [-0.2, -0.15) is 13.2 Å². The van der Waals surface area contributed by atoms with Gasteiger partial charge in [0.25, 0.3) is 5.56 Å². The summed E-state index contributed by atoms with van der Waals surface area (Å²) in [6, 6.07) is 12.2. The van der Waals surface area contributed by atoms with Crippen LogP contribution in [-0.4, -0.2) is 50.8 Å². The average molecular weight is 614 g/mol. The van der Waals surface area contributed by atoms with E-state index in [2.05, 4.69) is 5.32 Å². The molecule has 2 aromatic carbocycles. The highest BCUT2D eigenvalue weighted by atomic mass is 32.2. The van der Waals surface area contributed by atoms with Gasteiger partial charge in [-0.3, -0.25) is 14.2 Å². The first-order chi connectivity index (χ1) is 20.7. The molecule has 3 aromatic rings. The molecule has 0 bridgehead atoms. The molecule has 0 saturated heterocycles. The molecule has 228 valence electrons. The van der Waals surface area contributed by atoms with Gasteiger partial charge in [-0.25, -0.2) is 4.98 Å². The van der Waals surface area contributed by atoms with Crippen LogP contribution in [0, 0.1) is 0 Å². The summed E-state index contributed by atoms with van der Waals surface area (Å²) in [6.07, 6.45) is 1.18. The van der Waals surface area contributed by atoms with Crippen LogP contribution in [0.5, 0.6) is 5.75 Å². The number of ether oxygens (including phenoxy) is 1. The van der Waals surface area contributed by atoms with Gasteiger partial charge in [0.05, 0.1) is 34.7 Å². The Hall–Kier alpha value is -3.51. The highest BCUT2D eigenvalue weighted by Crippen LogP contribution is 2.37. The van der Waals surface area contributed by atoms with Crippen molar-refractivity contribution in [2.45, 2.75) is 80.2 Å². The number of benzene rings is 2. The fourth-order valence-corrected chi connectivity index (χ4v) is 6.89. The Bertz CT molecular complexity index is 1540. The number of nitrogens with one attached hydrogen (secondary N) is 1. The van der Waals surface area contributed by atoms with Crippen molar-refractivity contribution in [1.29, 1.82) is 0 Å². The SMILES string of the molecule is Nc1ccccc1-n1c(SC2CCC2)nc2c(c1=O)CN(C(=O)CCNC1CC(Oc3ccc(C(F)(F)F)cc3)C1)CC2. The van der Waals surface area contributed by atoms with Gasteiger partial charge in [0.15, 0.2) is 5.16 Å². The lowest BCUT2D eigenvalue weighted by Gasteiger charge is -2.36. The Morgan fingerprint density at radius 2 is 1.86 bits per heavy atom. The van der Waals surface area contributed by atoms with Gasteiger partial charge < -0.3 is 20.7 Å². The molecule has 0 atom stereocenters. The third-order valence-electron chi connectivity index (χ3n) is 8.40. The number of rotatable bonds is 9. The van der Waals surface area contributed by atoms with E-state index in [4.69, 9.17) is 15.5 Å². The number of amides is 1. The maximum Gasteiger partial charge on any atom is 0.416 e. The van der Waals surface area contributed by atoms with E-state index in [1.165, 1.54) is 18.6 Å². The van der Waals surface area contributed by atoms with Crippen LogP contribution >= 0.6 is 11.8 Å². The second kappa shape index (κ2) is 12.2. The van der Waals surface area contributed by atoms with E-state index in [0.29, 0.717) is 71.9 Å². The number of carbonyl (C=O) groups is 1. The van der Waals surface area contributed by atoms with E-state index in [1.54, 1.807) is 27.3 Å². The fraction of sp³-hybridized carbons (Fsp3) is 0.452. The molecule has 12 heteroatoms. The van der Waals surface area contributed by atoms with Crippen LogP contribution < -0.4 is 21.3 Å². The van der Waals surface area contributed by atoms with Crippen molar-refractivity contribution in [1.82, 2.24) is 19.8 Å². The molecular formula is C31H34F3N5O3S. The number of nitrogens with two attached hydrogens (primary N) is 1. The van der Waals surface area contributed by atoms with Crippen molar-refractivity contribution in [3.8, 4) is 11.4 Å². The Kier molecular flexibility index (Phi) is 8.41. The first-order valence-electron chi connectivity index (χ1n) is 14.7. The van der Waals surface area contributed by atoms with Crippen molar-refractivity contribution in [3.63, 3.8) is 0 Å². The van der Waals surface area contributed by atoms with Crippen LogP contribution in [-0.2, 0) is 23.9 Å². The molecule has 43 heavy (non-hydrogen) atoms. The number of anilines is 1. The number of nitrogens with zero attached hydrogens (tertiary/aromatic N) is 3. The van der Waals surface area contributed by atoms with E-state index in [0.717, 1.165) is 30.7 Å². The smallest absolute Gasteiger partial charge is 0.416 e. The summed E-state index contributed by atoms with van der Waals surface area (Å²) < 4.78 is 45.6. The molecule has 3 N–H and O–H groups in total. The zero-order valence-corrected chi connectivity index (χ0v) is 24.4. The van der Waals surface area contributed by atoms with Gasteiger partial charge in [0, 0.05) is 37.2 Å². The quantitative estimate of drug-likeness (QED) is 0.260. The van der Waals surface area contributed by atoms with Gasteiger partial charge >= 0.3 is 6.18 Å². The van der Waals surface area contributed by atoms with Crippen molar-refractivity contribution >= 4 is 23.4 Å². The van der Waals surface area contributed by atoms with Gasteiger partial charge in [-0.1, -0.05) is 30.3 Å². The summed E-state index contributed by atoms with van der Waals surface area (Å²) in [6.45, 7) is 1.21. The van der Waals surface area contributed by atoms with Gasteiger partial charge in [-0.15, -0.1) is 0 Å². The Morgan fingerprint density at radius 3 is 2.53 bits per heavy atom. The lowest BCUT2D eigenvalue weighted by molar-refractivity contribution is -0.137. The summed E-state index contributed by atoms with van der Waals surface area (Å²) in [5.74, 6) is 0.377. The Labute approximate surface area is 251 Å². The van der Waals surface area contributed by atoms with Gasteiger partial charge in [-0.05, 0) is 62.1 Å². The van der Waals surface area contributed by atoms with Crippen LogP contribution in [0.2, 0.25) is 0 Å². The number of fused-ring (bicyclic) bond motifs is 1. The van der Waals surface area contributed by atoms with Crippen molar-refractivity contribution in [2.24, 2.45) is 0 Å². The van der Waals surface area contributed by atoms with Crippen molar-refractivity contribution in [3.05, 3.63) is 75.7 Å². The number of thioether (sulfide) groups is 1. The third-order valence-corrected chi connectivity index (χ3v) is 9.69. The molecule has 2 fully saturated rings. The van der Waals surface area contributed by atoms with Crippen molar-refractivity contribution in [2.75, 3.05) is 18.8 Å². The van der Waals surface area contributed by atoms with E-state index >= 15 is 0 Å².